The number of ether oxygens (including phenoxy) is 1. The third kappa shape index (κ3) is 4.30. The van der Waals surface area contributed by atoms with Gasteiger partial charge in [0, 0.05) is 13.1 Å². The Labute approximate surface area is 177 Å². The van der Waals surface area contributed by atoms with Gasteiger partial charge in [-0.05, 0) is 59.7 Å². The van der Waals surface area contributed by atoms with Crippen LogP contribution >= 0.6 is 28.1 Å². The SMILES string of the molecule is C[C@@H]1CN(Cn2nc(-c3ccc(Br)o3)n(Cc3ccccc3)c2=S)C[C@@H](C)O1. The molecular weight excluding hydrogens is 440 g/mol. The van der Waals surface area contributed by atoms with Gasteiger partial charge in [0.15, 0.2) is 21.0 Å². The van der Waals surface area contributed by atoms with E-state index in [0.29, 0.717) is 28.4 Å². The van der Waals surface area contributed by atoms with E-state index in [1.807, 2.05) is 39.6 Å². The fourth-order valence-corrected chi connectivity index (χ4v) is 4.20. The van der Waals surface area contributed by atoms with Crippen LogP contribution in [0.4, 0.5) is 0 Å². The summed E-state index contributed by atoms with van der Waals surface area (Å²) in [5.41, 5.74) is 1.17. The number of morpholine rings is 1. The van der Waals surface area contributed by atoms with E-state index in [0.717, 1.165) is 18.9 Å². The molecule has 0 bridgehead atoms. The van der Waals surface area contributed by atoms with Crippen molar-refractivity contribution in [3.63, 3.8) is 0 Å². The number of furan rings is 1. The van der Waals surface area contributed by atoms with E-state index < -0.39 is 0 Å². The lowest BCUT2D eigenvalue weighted by atomic mass is 10.2. The Hall–Kier alpha value is -1.74. The largest absolute Gasteiger partial charge is 0.446 e. The van der Waals surface area contributed by atoms with Crippen molar-refractivity contribution in [3.05, 3.63) is 57.5 Å². The first-order valence-corrected chi connectivity index (χ1v) is 10.5. The van der Waals surface area contributed by atoms with Crippen LogP contribution in [0, 0.1) is 4.77 Å². The van der Waals surface area contributed by atoms with Crippen LogP contribution in [-0.2, 0) is 18.0 Å². The Morgan fingerprint density at radius 2 is 1.82 bits per heavy atom. The van der Waals surface area contributed by atoms with Crippen LogP contribution in [0.2, 0.25) is 0 Å². The molecule has 4 rings (SSSR count). The molecule has 0 amide bonds. The lowest BCUT2D eigenvalue weighted by Crippen LogP contribution is -2.46. The van der Waals surface area contributed by atoms with Crippen LogP contribution in [0.3, 0.4) is 0 Å². The maximum absolute atomic E-state index is 5.84. The number of hydrogen-bond donors (Lipinski definition) is 0. The zero-order valence-electron chi connectivity index (χ0n) is 15.9. The second-order valence-corrected chi connectivity index (χ2v) is 8.36. The molecule has 3 aromatic rings. The van der Waals surface area contributed by atoms with E-state index in [4.69, 9.17) is 26.5 Å². The average molecular weight is 463 g/mol. The normalized spacial score (nSPS) is 20.5. The number of benzene rings is 1. The van der Waals surface area contributed by atoms with Gasteiger partial charge in [-0.15, -0.1) is 5.10 Å². The van der Waals surface area contributed by atoms with Crippen molar-refractivity contribution in [2.75, 3.05) is 13.1 Å². The highest BCUT2D eigenvalue weighted by atomic mass is 79.9. The summed E-state index contributed by atoms with van der Waals surface area (Å²) in [5, 5.41) is 4.81. The van der Waals surface area contributed by atoms with Crippen LogP contribution in [-0.4, -0.2) is 44.5 Å². The van der Waals surface area contributed by atoms with Gasteiger partial charge in [-0.1, -0.05) is 30.3 Å². The van der Waals surface area contributed by atoms with Crippen LogP contribution in [0.5, 0.6) is 0 Å². The minimum atomic E-state index is 0.199. The van der Waals surface area contributed by atoms with Crippen molar-refractivity contribution < 1.29 is 9.15 Å². The van der Waals surface area contributed by atoms with E-state index in [-0.39, 0.29) is 12.2 Å². The molecule has 0 radical (unpaired) electrons. The van der Waals surface area contributed by atoms with Crippen molar-refractivity contribution in [2.24, 2.45) is 0 Å². The summed E-state index contributed by atoms with van der Waals surface area (Å²) in [6, 6.07) is 14.0. The van der Waals surface area contributed by atoms with Gasteiger partial charge in [-0.2, -0.15) is 0 Å². The van der Waals surface area contributed by atoms with E-state index in [1.54, 1.807) is 0 Å². The zero-order chi connectivity index (χ0) is 19.7. The van der Waals surface area contributed by atoms with Crippen molar-refractivity contribution in [1.29, 1.82) is 0 Å². The van der Waals surface area contributed by atoms with Gasteiger partial charge in [0.1, 0.15) is 0 Å². The molecule has 0 saturated carbocycles. The first-order valence-electron chi connectivity index (χ1n) is 9.34. The summed E-state index contributed by atoms with van der Waals surface area (Å²) in [6.45, 7) is 7.19. The summed E-state index contributed by atoms with van der Waals surface area (Å²) >= 11 is 9.18. The molecule has 0 N–H and O–H groups in total. The molecule has 1 aromatic carbocycles. The lowest BCUT2D eigenvalue weighted by molar-refractivity contribution is -0.0777. The van der Waals surface area contributed by atoms with Gasteiger partial charge in [0.2, 0.25) is 0 Å². The summed E-state index contributed by atoms with van der Waals surface area (Å²) in [7, 11) is 0. The molecule has 0 spiro atoms. The Morgan fingerprint density at radius 1 is 1.11 bits per heavy atom. The van der Waals surface area contributed by atoms with Crippen LogP contribution < -0.4 is 0 Å². The fraction of sp³-hybridized carbons (Fsp3) is 0.400. The third-order valence-electron chi connectivity index (χ3n) is 4.73. The second kappa shape index (κ2) is 8.32. The minimum Gasteiger partial charge on any atom is -0.446 e. The molecule has 1 aliphatic rings. The molecule has 3 heterocycles. The number of hydrogen-bond acceptors (Lipinski definition) is 5. The molecule has 2 atom stereocenters. The van der Waals surface area contributed by atoms with Crippen molar-refractivity contribution in [1.82, 2.24) is 19.2 Å². The van der Waals surface area contributed by atoms with Crippen LogP contribution in [0.25, 0.3) is 11.6 Å². The van der Waals surface area contributed by atoms with E-state index >= 15 is 0 Å². The number of halogens is 1. The van der Waals surface area contributed by atoms with Gasteiger partial charge in [0.25, 0.3) is 0 Å². The molecule has 1 saturated heterocycles. The minimum absolute atomic E-state index is 0.199. The second-order valence-electron chi connectivity index (χ2n) is 7.22. The molecule has 0 aliphatic carbocycles. The van der Waals surface area contributed by atoms with Crippen LogP contribution in [0.15, 0.2) is 51.6 Å². The lowest BCUT2D eigenvalue weighted by Gasteiger charge is -2.34. The Bertz CT molecular complexity index is 987. The third-order valence-corrected chi connectivity index (χ3v) is 5.59. The first-order chi connectivity index (χ1) is 13.5. The predicted molar refractivity (Wildman–Crippen MR) is 114 cm³/mol. The van der Waals surface area contributed by atoms with Crippen molar-refractivity contribution >= 4 is 28.1 Å². The highest BCUT2D eigenvalue weighted by Crippen LogP contribution is 2.25. The first kappa shape index (κ1) is 19.6. The molecule has 1 fully saturated rings. The van der Waals surface area contributed by atoms with Gasteiger partial charge < -0.3 is 9.15 Å². The van der Waals surface area contributed by atoms with Crippen LogP contribution in [0.1, 0.15) is 19.4 Å². The highest BCUT2D eigenvalue weighted by Gasteiger charge is 2.24. The van der Waals surface area contributed by atoms with Crippen molar-refractivity contribution in [2.45, 2.75) is 39.3 Å². The fourth-order valence-electron chi connectivity index (χ4n) is 3.65. The van der Waals surface area contributed by atoms with Gasteiger partial charge in [-0.3, -0.25) is 9.47 Å². The highest BCUT2D eigenvalue weighted by molar-refractivity contribution is 9.10. The maximum Gasteiger partial charge on any atom is 0.199 e. The van der Waals surface area contributed by atoms with E-state index in [9.17, 15) is 0 Å². The number of aromatic nitrogens is 3. The average Bonchev–Trinajstić information content (AvgIpc) is 3.20. The maximum atomic E-state index is 5.84. The Balaban J connectivity index is 1.68. The summed E-state index contributed by atoms with van der Waals surface area (Å²) in [4.78, 5) is 2.33. The standard InChI is InChI=1S/C20H23BrN4O2S/c1-14-10-23(11-15(2)26-14)13-25-20(28)24(12-16-6-4-3-5-7-16)19(22-25)17-8-9-18(21)27-17/h3-9,14-15H,10-13H2,1-2H3/t14-,15-/m1/s1. The van der Waals surface area contributed by atoms with Gasteiger partial charge >= 0.3 is 0 Å². The molecule has 6 nitrogen and oxygen atoms in total. The van der Waals surface area contributed by atoms with E-state index in [1.165, 1.54) is 5.56 Å². The summed E-state index contributed by atoms with van der Waals surface area (Å²) < 4.78 is 16.9. The summed E-state index contributed by atoms with van der Waals surface area (Å²) in [5.74, 6) is 1.42. The topological polar surface area (TPSA) is 48.4 Å². The smallest absolute Gasteiger partial charge is 0.199 e. The Morgan fingerprint density at radius 3 is 2.46 bits per heavy atom. The molecule has 28 heavy (non-hydrogen) atoms. The van der Waals surface area contributed by atoms with Crippen molar-refractivity contribution in [3.8, 4) is 11.6 Å². The number of nitrogens with zero attached hydrogens (tertiary/aromatic N) is 4. The monoisotopic (exact) mass is 462 g/mol. The molecular formula is C20H23BrN4O2S. The number of rotatable bonds is 5. The molecule has 1 aliphatic heterocycles. The predicted octanol–water partition coefficient (Wildman–Crippen LogP) is 4.55. The molecule has 148 valence electrons. The Kier molecular flexibility index (Phi) is 5.82. The van der Waals surface area contributed by atoms with E-state index in [2.05, 4.69) is 46.8 Å². The molecule has 2 aromatic heterocycles. The van der Waals surface area contributed by atoms with Gasteiger partial charge in [0.05, 0.1) is 25.4 Å². The molecule has 0 unspecified atom stereocenters. The molecule has 8 heteroatoms. The van der Waals surface area contributed by atoms with Gasteiger partial charge in [-0.25, -0.2) is 4.68 Å². The quantitative estimate of drug-likeness (QED) is 0.520. The zero-order valence-corrected chi connectivity index (χ0v) is 18.3. The summed E-state index contributed by atoms with van der Waals surface area (Å²) in [6.07, 6.45) is 0.398.